The highest BCUT2D eigenvalue weighted by atomic mass is 32.2. The van der Waals surface area contributed by atoms with Crippen molar-refractivity contribution in [2.75, 3.05) is 24.3 Å². The second-order valence-electron chi connectivity index (χ2n) is 7.17. The van der Waals surface area contributed by atoms with Crippen molar-refractivity contribution in [1.82, 2.24) is 19.7 Å². The summed E-state index contributed by atoms with van der Waals surface area (Å²) in [4.78, 5) is 21.5. The van der Waals surface area contributed by atoms with Crippen LogP contribution in [0.2, 0.25) is 0 Å². The van der Waals surface area contributed by atoms with Gasteiger partial charge in [0.15, 0.2) is 0 Å². The van der Waals surface area contributed by atoms with Gasteiger partial charge in [-0.2, -0.15) is 16.9 Å². The highest BCUT2D eigenvalue weighted by molar-refractivity contribution is 7.98. The third kappa shape index (κ3) is 3.12. The molecule has 2 unspecified atom stereocenters. The maximum Gasteiger partial charge on any atom is 0.267 e. The summed E-state index contributed by atoms with van der Waals surface area (Å²) in [6, 6.07) is 1.53. The zero-order valence-corrected chi connectivity index (χ0v) is 15.2. The molecule has 3 aliphatic rings. The van der Waals surface area contributed by atoms with Crippen LogP contribution in [0.15, 0.2) is 23.3 Å². The van der Waals surface area contributed by atoms with E-state index in [-0.39, 0.29) is 17.6 Å². The number of anilines is 1. The van der Waals surface area contributed by atoms with Gasteiger partial charge in [-0.1, -0.05) is 0 Å². The molecule has 0 radical (unpaired) electrons. The number of hydrogen-bond acceptors (Lipinski definition) is 7. The molecule has 136 valence electrons. The Balaban J connectivity index is 1.37. The van der Waals surface area contributed by atoms with Gasteiger partial charge in [0.1, 0.15) is 6.04 Å². The topological polar surface area (TPSA) is 81.9 Å². The van der Waals surface area contributed by atoms with Gasteiger partial charge >= 0.3 is 0 Å². The van der Waals surface area contributed by atoms with E-state index in [0.717, 1.165) is 29.2 Å². The van der Waals surface area contributed by atoms with Crippen LogP contribution in [0, 0.1) is 0 Å². The molecule has 0 spiro atoms. The lowest BCUT2D eigenvalue weighted by molar-refractivity contribution is 0.182. The average Bonchev–Trinajstić information content (AvgIpc) is 3.42. The Kier molecular flexibility index (Phi) is 4.17. The van der Waals surface area contributed by atoms with Crippen LogP contribution < -0.4 is 10.9 Å². The van der Waals surface area contributed by atoms with Crippen molar-refractivity contribution in [2.24, 2.45) is 0 Å². The number of fused-ring (bicyclic) bond motifs is 1. The quantitative estimate of drug-likeness (QED) is 0.877. The van der Waals surface area contributed by atoms with Gasteiger partial charge in [-0.05, 0) is 35.6 Å². The number of rotatable bonds is 4. The Hall–Kier alpha value is -1.93. The van der Waals surface area contributed by atoms with Gasteiger partial charge in [0.2, 0.25) is 5.95 Å². The summed E-state index contributed by atoms with van der Waals surface area (Å²) < 4.78 is 7.24. The van der Waals surface area contributed by atoms with E-state index in [0.29, 0.717) is 25.1 Å². The molecule has 1 saturated carbocycles. The molecule has 7 nitrogen and oxygen atoms in total. The van der Waals surface area contributed by atoms with E-state index in [9.17, 15) is 4.79 Å². The van der Waals surface area contributed by atoms with Crippen LogP contribution in [0.25, 0.3) is 0 Å². The molecule has 2 aliphatic heterocycles. The maximum absolute atomic E-state index is 12.6. The number of nitrogens with one attached hydrogen (secondary N) is 1. The van der Waals surface area contributed by atoms with Crippen LogP contribution in [0.1, 0.15) is 41.6 Å². The van der Waals surface area contributed by atoms with E-state index >= 15 is 0 Å². The molecular formula is C18H21N5O2S. The Bertz CT molecular complexity index is 865. The number of aryl methyl sites for hydroxylation is 1. The Morgan fingerprint density at radius 3 is 2.88 bits per heavy atom. The minimum atomic E-state index is -0.144. The van der Waals surface area contributed by atoms with Gasteiger partial charge in [-0.25, -0.2) is 14.6 Å². The van der Waals surface area contributed by atoms with Gasteiger partial charge in [-0.3, -0.25) is 4.79 Å². The summed E-state index contributed by atoms with van der Waals surface area (Å²) >= 11 is 1.85. The fourth-order valence-corrected chi connectivity index (χ4v) is 4.55. The van der Waals surface area contributed by atoms with Crippen LogP contribution in [-0.2, 0) is 16.9 Å². The predicted octanol–water partition coefficient (Wildman–Crippen LogP) is 1.75. The molecule has 2 fully saturated rings. The molecule has 1 saturated heterocycles. The molecule has 1 aliphatic carbocycles. The first-order chi connectivity index (χ1) is 12.8. The number of hydrogen-bond donors (Lipinski definition) is 1. The number of aromatic nitrogens is 4. The van der Waals surface area contributed by atoms with Gasteiger partial charge < -0.3 is 10.1 Å². The van der Waals surface area contributed by atoms with Crippen molar-refractivity contribution in [3.05, 3.63) is 45.6 Å². The van der Waals surface area contributed by atoms with E-state index in [1.165, 1.54) is 18.4 Å². The fraction of sp³-hybridized carbons (Fsp3) is 0.556. The van der Waals surface area contributed by atoms with E-state index in [1.54, 1.807) is 10.7 Å². The monoisotopic (exact) mass is 371 g/mol. The molecule has 0 aromatic carbocycles. The lowest BCUT2D eigenvalue weighted by atomic mass is 10.1. The SMILES string of the molecule is O=c1cc2c(nn1C1COCC1Nc1ncc(C3CC3)cn1)CCSC2. The standard InChI is InChI=1S/C18H21N5O2S/c24-17-5-12-10-26-4-3-14(12)22-23(17)16-9-25-8-15(16)21-18-19-6-13(7-20-18)11-1-2-11/h5-7,11,15-16H,1-4,8-10H2,(H,19,20,21). The summed E-state index contributed by atoms with van der Waals surface area (Å²) in [6.45, 7) is 0.984. The van der Waals surface area contributed by atoms with E-state index in [4.69, 9.17) is 4.74 Å². The summed E-state index contributed by atoms with van der Waals surface area (Å²) in [5, 5.41) is 7.99. The van der Waals surface area contributed by atoms with Crippen molar-refractivity contribution in [1.29, 1.82) is 0 Å². The molecular weight excluding hydrogens is 350 g/mol. The van der Waals surface area contributed by atoms with Crippen molar-refractivity contribution in [2.45, 2.75) is 43.0 Å². The molecule has 26 heavy (non-hydrogen) atoms. The van der Waals surface area contributed by atoms with Crippen molar-refractivity contribution >= 4 is 17.7 Å². The van der Waals surface area contributed by atoms with E-state index < -0.39 is 0 Å². The van der Waals surface area contributed by atoms with Gasteiger partial charge in [0.25, 0.3) is 5.56 Å². The van der Waals surface area contributed by atoms with Crippen molar-refractivity contribution in [3.8, 4) is 0 Å². The summed E-state index contributed by atoms with van der Waals surface area (Å²) in [6.07, 6.45) is 7.19. The summed E-state index contributed by atoms with van der Waals surface area (Å²) in [5.74, 6) is 3.16. The largest absolute Gasteiger partial charge is 0.377 e. The molecule has 5 rings (SSSR count). The Morgan fingerprint density at radius 1 is 1.23 bits per heavy atom. The van der Waals surface area contributed by atoms with E-state index in [1.807, 2.05) is 24.2 Å². The predicted molar refractivity (Wildman–Crippen MR) is 99.6 cm³/mol. The highest BCUT2D eigenvalue weighted by Crippen LogP contribution is 2.39. The van der Waals surface area contributed by atoms with Crippen LogP contribution in [0.5, 0.6) is 0 Å². The lowest BCUT2D eigenvalue weighted by Gasteiger charge is -2.22. The van der Waals surface area contributed by atoms with E-state index in [2.05, 4.69) is 20.4 Å². The first kappa shape index (κ1) is 16.3. The minimum Gasteiger partial charge on any atom is -0.377 e. The Morgan fingerprint density at radius 2 is 2.08 bits per heavy atom. The average molecular weight is 371 g/mol. The lowest BCUT2D eigenvalue weighted by Crippen LogP contribution is -2.38. The number of ether oxygens (including phenoxy) is 1. The number of nitrogens with zero attached hydrogens (tertiary/aromatic N) is 4. The van der Waals surface area contributed by atoms with Crippen molar-refractivity contribution in [3.63, 3.8) is 0 Å². The first-order valence-electron chi connectivity index (χ1n) is 9.13. The fourth-order valence-electron chi connectivity index (χ4n) is 3.59. The van der Waals surface area contributed by atoms with Gasteiger partial charge in [0, 0.05) is 30.6 Å². The minimum absolute atomic E-state index is 0.0569. The summed E-state index contributed by atoms with van der Waals surface area (Å²) in [7, 11) is 0. The summed E-state index contributed by atoms with van der Waals surface area (Å²) in [5.41, 5.74) is 3.27. The maximum atomic E-state index is 12.6. The van der Waals surface area contributed by atoms with Crippen LogP contribution in [-0.4, -0.2) is 44.8 Å². The van der Waals surface area contributed by atoms with Crippen molar-refractivity contribution < 1.29 is 4.74 Å². The highest BCUT2D eigenvalue weighted by Gasteiger charge is 2.33. The molecule has 2 atom stereocenters. The third-order valence-corrected chi connectivity index (χ3v) is 6.27. The number of thioether (sulfide) groups is 1. The zero-order chi connectivity index (χ0) is 17.5. The molecule has 2 aromatic rings. The zero-order valence-electron chi connectivity index (χ0n) is 14.4. The molecule has 4 heterocycles. The second kappa shape index (κ2) is 6.66. The second-order valence-corrected chi connectivity index (χ2v) is 8.28. The van der Waals surface area contributed by atoms with Crippen LogP contribution in [0.3, 0.4) is 0 Å². The molecule has 0 amide bonds. The van der Waals surface area contributed by atoms with Gasteiger partial charge in [-0.15, -0.1) is 0 Å². The van der Waals surface area contributed by atoms with Crippen LogP contribution in [0.4, 0.5) is 5.95 Å². The Labute approximate surface area is 155 Å². The molecule has 0 bridgehead atoms. The van der Waals surface area contributed by atoms with Crippen LogP contribution >= 0.6 is 11.8 Å². The molecule has 1 N–H and O–H groups in total. The smallest absolute Gasteiger partial charge is 0.267 e. The normalized spacial score (nSPS) is 25.1. The first-order valence-corrected chi connectivity index (χ1v) is 10.3. The molecule has 2 aromatic heterocycles. The third-order valence-electron chi connectivity index (χ3n) is 5.26. The molecule has 8 heteroatoms. The van der Waals surface area contributed by atoms with Gasteiger partial charge in [0.05, 0.1) is 24.9 Å².